The maximum Gasteiger partial charge on any atom is 0.445 e. The summed E-state index contributed by atoms with van der Waals surface area (Å²) >= 11 is 16.3. The van der Waals surface area contributed by atoms with Crippen molar-refractivity contribution in [2.24, 2.45) is 5.16 Å². The van der Waals surface area contributed by atoms with Gasteiger partial charge in [-0.15, -0.1) is 35.0 Å². The van der Waals surface area contributed by atoms with E-state index in [2.05, 4.69) is 19.0 Å². The standard InChI is InChI=1S/C11H18Cl2N2O2S3/c1-10(2)8(18-7-19-10)14-17-9(16)15(4)20-11(3,5-12)6-13/h5-7H2,1-4H3. The summed E-state index contributed by atoms with van der Waals surface area (Å²) < 4.78 is 0.854. The van der Waals surface area contributed by atoms with Crippen molar-refractivity contribution in [2.75, 3.05) is 23.9 Å². The summed E-state index contributed by atoms with van der Waals surface area (Å²) in [6.45, 7) is 6.00. The molecule has 0 atom stereocenters. The van der Waals surface area contributed by atoms with Gasteiger partial charge in [-0.2, -0.15) is 0 Å². The molecule has 1 rings (SSSR count). The van der Waals surface area contributed by atoms with E-state index < -0.39 is 10.8 Å². The van der Waals surface area contributed by atoms with Gasteiger partial charge in [0.05, 0.1) is 9.49 Å². The van der Waals surface area contributed by atoms with Crippen LogP contribution < -0.4 is 0 Å². The van der Waals surface area contributed by atoms with Crippen molar-refractivity contribution in [3.63, 3.8) is 0 Å². The van der Waals surface area contributed by atoms with Crippen molar-refractivity contribution in [3.8, 4) is 0 Å². The molecule has 0 bridgehead atoms. The smallest absolute Gasteiger partial charge is 0.296 e. The van der Waals surface area contributed by atoms with Gasteiger partial charge in [-0.1, -0.05) is 16.9 Å². The normalized spacial score (nSPS) is 20.2. The molecule has 0 aromatic carbocycles. The maximum absolute atomic E-state index is 11.9. The van der Waals surface area contributed by atoms with E-state index in [4.69, 9.17) is 28.0 Å². The lowest BCUT2D eigenvalue weighted by atomic mass is 10.2. The third-order valence-electron chi connectivity index (χ3n) is 2.52. The van der Waals surface area contributed by atoms with Gasteiger partial charge in [-0.3, -0.25) is 9.14 Å². The number of carbonyl (C=O) groups excluding carboxylic acids is 1. The van der Waals surface area contributed by atoms with Crippen LogP contribution in [0.25, 0.3) is 0 Å². The number of thioether (sulfide) groups is 2. The summed E-state index contributed by atoms with van der Waals surface area (Å²) in [5.74, 6) is 0.680. The first kappa shape index (κ1) is 18.6. The van der Waals surface area contributed by atoms with Crippen molar-refractivity contribution >= 4 is 69.8 Å². The first-order valence-corrected chi connectivity index (χ1v) is 9.66. The van der Waals surface area contributed by atoms with Crippen molar-refractivity contribution in [3.05, 3.63) is 0 Å². The molecule has 0 unspecified atom stereocenters. The van der Waals surface area contributed by atoms with Crippen LogP contribution in [-0.4, -0.2) is 48.8 Å². The number of hydrogen-bond donors (Lipinski definition) is 0. The molecule has 4 nitrogen and oxygen atoms in total. The molecule has 1 aliphatic rings. The van der Waals surface area contributed by atoms with Gasteiger partial charge >= 0.3 is 6.09 Å². The Kier molecular flexibility index (Phi) is 7.19. The Balaban J connectivity index is 2.57. The molecule has 20 heavy (non-hydrogen) atoms. The topological polar surface area (TPSA) is 41.9 Å². The number of carbonyl (C=O) groups is 1. The van der Waals surface area contributed by atoms with Crippen molar-refractivity contribution in [2.45, 2.75) is 30.3 Å². The lowest BCUT2D eigenvalue weighted by Crippen LogP contribution is -2.33. The largest absolute Gasteiger partial charge is 0.445 e. The van der Waals surface area contributed by atoms with E-state index in [1.165, 1.54) is 16.3 Å². The second kappa shape index (κ2) is 7.72. The molecule has 1 saturated heterocycles. The van der Waals surface area contributed by atoms with Crippen molar-refractivity contribution in [1.82, 2.24) is 4.31 Å². The minimum absolute atomic E-state index is 0.0997. The zero-order valence-electron chi connectivity index (χ0n) is 11.8. The molecular weight excluding hydrogens is 359 g/mol. The van der Waals surface area contributed by atoms with Crippen LogP contribution in [0.3, 0.4) is 0 Å². The lowest BCUT2D eigenvalue weighted by molar-refractivity contribution is 0.136. The van der Waals surface area contributed by atoms with Crippen LogP contribution in [0.2, 0.25) is 0 Å². The van der Waals surface area contributed by atoms with Gasteiger partial charge in [0.15, 0.2) is 0 Å². The van der Waals surface area contributed by atoms with Crippen LogP contribution >= 0.6 is 58.7 Å². The third-order valence-corrected chi connectivity index (χ3v) is 8.01. The zero-order valence-corrected chi connectivity index (χ0v) is 15.8. The van der Waals surface area contributed by atoms with Crippen LogP contribution in [-0.2, 0) is 4.84 Å². The van der Waals surface area contributed by atoms with E-state index in [9.17, 15) is 4.79 Å². The number of oxime groups is 1. The number of alkyl halides is 2. The monoisotopic (exact) mass is 376 g/mol. The Morgan fingerprint density at radius 3 is 2.60 bits per heavy atom. The van der Waals surface area contributed by atoms with Crippen molar-refractivity contribution in [1.29, 1.82) is 0 Å². The van der Waals surface area contributed by atoms with Gasteiger partial charge in [0.2, 0.25) is 0 Å². The van der Waals surface area contributed by atoms with E-state index in [1.54, 1.807) is 30.6 Å². The first-order chi connectivity index (χ1) is 9.24. The zero-order chi connectivity index (χ0) is 15.4. The third kappa shape index (κ3) is 5.09. The lowest BCUT2D eigenvalue weighted by Gasteiger charge is -2.27. The number of nitrogens with zero attached hydrogens (tertiary/aromatic N) is 2. The maximum atomic E-state index is 11.9. The molecule has 1 fully saturated rings. The predicted molar refractivity (Wildman–Crippen MR) is 93.2 cm³/mol. The Labute approximate surface area is 142 Å². The van der Waals surface area contributed by atoms with Crippen LogP contribution in [0.15, 0.2) is 5.16 Å². The molecule has 0 spiro atoms. The van der Waals surface area contributed by atoms with Crippen LogP contribution in [0, 0.1) is 0 Å². The van der Waals surface area contributed by atoms with E-state index in [-0.39, 0.29) is 4.75 Å². The van der Waals surface area contributed by atoms with Crippen LogP contribution in [0.5, 0.6) is 0 Å². The van der Waals surface area contributed by atoms with Gasteiger partial charge in [0, 0.05) is 23.9 Å². The molecule has 116 valence electrons. The van der Waals surface area contributed by atoms with Gasteiger partial charge in [0.25, 0.3) is 0 Å². The molecule has 1 amide bonds. The average molecular weight is 377 g/mol. The number of rotatable bonds is 5. The highest BCUT2D eigenvalue weighted by atomic mass is 35.5. The van der Waals surface area contributed by atoms with Gasteiger partial charge < -0.3 is 0 Å². The molecular formula is C11H18Cl2N2O2S3. The Bertz CT molecular complexity index is 390. The number of amides is 1. The fraction of sp³-hybridized carbons (Fsp3) is 0.818. The van der Waals surface area contributed by atoms with E-state index in [1.807, 2.05) is 6.92 Å². The SMILES string of the molecule is CN(SC(C)(CCl)CCl)C(=O)ON=C1SCSC1(C)C. The van der Waals surface area contributed by atoms with Gasteiger partial charge in [-0.25, -0.2) is 4.79 Å². The Morgan fingerprint density at radius 2 is 2.15 bits per heavy atom. The van der Waals surface area contributed by atoms with E-state index >= 15 is 0 Å². The minimum atomic E-state index is -0.530. The van der Waals surface area contributed by atoms with Crippen LogP contribution in [0.1, 0.15) is 20.8 Å². The fourth-order valence-electron chi connectivity index (χ4n) is 1.19. The summed E-state index contributed by atoms with van der Waals surface area (Å²) in [6.07, 6.45) is -0.530. The van der Waals surface area contributed by atoms with Gasteiger partial charge in [-0.05, 0) is 32.7 Å². The molecule has 9 heteroatoms. The summed E-state index contributed by atoms with van der Waals surface area (Å²) in [4.78, 5) is 16.9. The molecule has 0 N–H and O–H groups in total. The molecule has 0 aromatic rings. The highest BCUT2D eigenvalue weighted by Gasteiger charge is 2.34. The predicted octanol–water partition coefficient (Wildman–Crippen LogP) is 4.47. The second-order valence-corrected chi connectivity index (χ2v) is 10.2. The molecule has 1 heterocycles. The molecule has 1 aliphatic heterocycles. The summed E-state index contributed by atoms with van der Waals surface area (Å²) in [6, 6.07) is 0. The number of hydrogen-bond acceptors (Lipinski definition) is 6. The highest BCUT2D eigenvalue weighted by Crippen LogP contribution is 2.41. The molecule has 0 saturated carbocycles. The van der Waals surface area contributed by atoms with Crippen molar-refractivity contribution < 1.29 is 9.63 Å². The van der Waals surface area contributed by atoms with Crippen LogP contribution in [0.4, 0.5) is 4.79 Å². The highest BCUT2D eigenvalue weighted by molar-refractivity contribution is 8.29. The van der Waals surface area contributed by atoms with Gasteiger partial charge in [0.1, 0.15) is 5.04 Å². The quantitative estimate of drug-likeness (QED) is 0.306. The van der Waals surface area contributed by atoms with E-state index in [0.717, 1.165) is 10.1 Å². The first-order valence-electron chi connectivity index (χ1n) is 5.85. The summed E-state index contributed by atoms with van der Waals surface area (Å²) in [7, 11) is 1.62. The number of halogens is 2. The molecule has 0 aromatic heterocycles. The summed E-state index contributed by atoms with van der Waals surface area (Å²) in [5.41, 5.74) is 0. The Hall–Kier alpha value is 0.570. The molecule has 0 radical (unpaired) electrons. The summed E-state index contributed by atoms with van der Waals surface area (Å²) in [5, 5.41) is 5.71. The van der Waals surface area contributed by atoms with E-state index in [0.29, 0.717) is 11.8 Å². The fourth-order valence-corrected chi connectivity index (χ4v) is 5.45. The Morgan fingerprint density at radius 1 is 1.55 bits per heavy atom. The second-order valence-electron chi connectivity index (χ2n) is 4.98. The minimum Gasteiger partial charge on any atom is -0.296 e. The average Bonchev–Trinajstić information content (AvgIpc) is 2.74. The molecule has 0 aliphatic carbocycles.